The Morgan fingerprint density at radius 2 is 2.30 bits per heavy atom. The second-order valence-corrected chi connectivity index (χ2v) is 5.56. The molecule has 1 heterocycles. The van der Waals surface area contributed by atoms with E-state index in [1.54, 1.807) is 25.3 Å². The van der Waals surface area contributed by atoms with Crippen molar-refractivity contribution in [2.24, 2.45) is 0 Å². The Kier molecular flexibility index (Phi) is 4.77. The fourth-order valence-corrected chi connectivity index (χ4v) is 2.70. The van der Waals surface area contributed by atoms with E-state index in [9.17, 15) is 9.59 Å². The number of halogens is 1. The van der Waals surface area contributed by atoms with E-state index in [1.807, 2.05) is 11.8 Å². The van der Waals surface area contributed by atoms with Gasteiger partial charge in [-0.1, -0.05) is 0 Å². The van der Waals surface area contributed by atoms with Gasteiger partial charge in [0, 0.05) is 18.7 Å². The summed E-state index contributed by atoms with van der Waals surface area (Å²) in [5.41, 5.74) is 0.607. The number of piperazine rings is 1. The summed E-state index contributed by atoms with van der Waals surface area (Å²) in [6, 6.07) is 4.97. The summed E-state index contributed by atoms with van der Waals surface area (Å²) in [5, 5.41) is 2.78. The topological polar surface area (TPSA) is 58.6 Å². The maximum absolute atomic E-state index is 12.3. The zero-order chi connectivity index (χ0) is 14.7. The second-order valence-electron chi connectivity index (χ2n) is 4.71. The average molecular weight is 341 g/mol. The number of hydrogen-bond donors (Lipinski definition) is 1. The molecule has 0 saturated carbocycles. The number of Topliss-reactive ketones (excluding diaryl/α,β-unsaturated/α-hetero) is 1. The Morgan fingerprint density at radius 3 is 2.95 bits per heavy atom. The molecule has 0 aliphatic carbocycles. The van der Waals surface area contributed by atoms with Crippen molar-refractivity contribution in [1.29, 1.82) is 0 Å². The van der Waals surface area contributed by atoms with Crippen LogP contribution in [0.3, 0.4) is 0 Å². The van der Waals surface area contributed by atoms with Gasteiger partial charge in [-0.3, -0.25) is 14.5 Å². The summed E-state index contributed by atoms with van der Waals surface area (Å²) in [6.45, 7) is 3.33. The minimum atomic E-state index is -0.269. The number of nitrogens with zero attached hydrogens (tertiary/aromatic N) is 1. The molecule has 1 saturated heterocycles. The quantitative estimate of drug-likeness (QED) is 0.843. The highest BCUT2D eigenvalue weighted by Crippen LogP contribution is 2.25. The number of ether oxygens (including phenoxy) is 1. The Balaban J connectivity index is 2.08. The van der Waals surface area contributed by atoms with Crippen molar-refractivity contribution in [3.63, 3.8) is 0 Å². The molecule has 1 unspecified atom stereocenters. The largest absolute Gasteiger partial charge is 0.496 e. The fourth-order valence-electron chi connectivity index (χ4n) is 2.16. The van der Waals surface area contributed by atoms with Crippen LogP contribution in [0.2, 0.25) is 0 Å². The van der Waals surface area contributed by atoms with Gasteiger partial charge < -0.3 is 10.1 Å². The molecule has 0 spiro atoms. The molecule has 108 valence electrons. The first kappa shape index (κ1) is 15.0. The first-order valence-corrected chi connectivity index (χ1v) is 7.20. The van der Waals surface area contributed by atoms with Gasteiger partial charge in [0.1, 0.15) is 5.75 Å². The molecular weight excluding hydrogens is 324 g/mol. The molecule has 1 amide bonds. The highest BCUT2D eigenvalue weighted by Gasteiger charge is 2.27. The molecule has 2 rings (SSSR count). The molecule has 1 atom stereocenters. The van der Waals surface area contributed by atoms with Crippen LogP contribution in [-0.4, -0.2) is 49.4 Å². The second kappa shape index (κ2) is 6.37. The number of carbonyl (C=O) groups is 2. The van der Waals surface area contributed by atoms with E-state index in [2.05, 4.69) is 21.2 Å². The Morgan fingerprint density at radius 1 is 1.55 bits per heavy atom. The van der Waals surface area contributed by atoms with Gasteiger partial charge in [-0.25, -0.2) is 0 Å². The lowest BCUT2D eigenvalue weighted by molar-refractivity contribution is -0.127. The van der Waals surface area contributed by atoms with Crippen LogP contribution in [0.25, 0.3) is 0 Å². The first-order valence-electron chi connectivity index (χ1n) is 6.41. The number of ketones is 1. The minimum absolute atomic E-state index is 0.00472. The third kappa shape index (κ3) is 3.19. The average Bonchev–Trinajstić information content (AvgIpc) is 2.43. The van der Waals surface area contributed by atoms with E-state index < -0.39 is 0 Å². The predicted octanol–water partition coefficient (Wildman–Crippen LogP) is 1.46. The SMILES string of the molecule is COc1ccc(C(=O)CN2CCNC(=O)C2C)cc1Br. The maximum Gasteiger partial charge on any atom is 0.237 e. The highest BCUT2D eigenvalue weighted by atomic mass is 79.9. The van der Waals surface area contributed by atoms with Crippen LogP contribution in [0.1, 0.15) is 17.3 Å². The molecule has 1 N–H and O–H groups in total. The van der Waals surface area contributed by atoms with Gasteiger partial charge in [0.15, 0.2) is 5.78 Å². The fraction of sp³-hybridized carbons (Fsp3) is 0.429. The Hall–Kier alpha value is -1.40. The molecule has 1 fully saturated rings. The van der Waals surface area contributed by atoms with Gasteiger partial charge in [0.2, 0.25) is 5.91 Å². The van der Waals surface area contributed by atoms with Crippen LogP contribution in [0.5, 0.6) is 5.75 Å². The zero-order valence-corrected chi connectivity index (χ0v) is 13.1. The van der Waals surface area contributed by atoms with E-state index >= 15 is 0 Å². The third-order valence-corrected chi connectivity index (χ3v) is 4.07. The summed E-state index contributed by atoms with van der Waals surface area (Å²) in [4.78, 5) is 25.7. The van der Waals surface area contributed by atoms with Crippen LogP contribution >= 0.6 is 15.9 Å². The Bertz CT molecular complexity index is 533. The molecule has 0 aromatic heterocycles. The van der Waals surface area contributed by atoms with Crippen molar-refractivity contribution in [2.45, 2.75) is 13.0 Å². The van der Waals surface area contributed by atoms with Crippen molar-refractivity contribution in [3.8, 4) is 5.75 Å². The summed E-state index contributed by atoms with van der Waals surface area (Å²) in [5.74, 6) is 0.655. The van der Waals surface area contributed by atoms with Crippen molar-refractivity contribution in [1.82, 2.24) is 10.2 Å². The highest BCUT2D eigenvalue weighted by molar-refractivity contribution is 9.10. The lowest BCUT2D eigenvalue weighted by Gasteiger charge is -2.32. The standard InChI is InChI=1S/C14H17BrN2O3/c1-9-14(19)16-5-6-17(9)8-12(18)10-3-4-13(20-2)11(15)7-10/h3-4,7,9H,5-6,8H2,1-2H3,(H,16,19). The lowest BCUT2D eigenvalue weighted by Crippen LogP contribution is -2.55. The normalized spacial score (nSPS) is 19.6. The van der Waals surface area contributed by atoms with Gasteiger partial charge in [-0.15, -0.1) is 0 Å². The van der Waals surface area contributed by atoms with Crippen LogP contribution in [-0.2, 0) is 4.79 Å². The third-order valence-electron chi connectivity index (χ3n) is 3.45. The number of hydrogen-bond acceptors (Lipinski definition) is 4. The van der Waals surface area contributed by atoms with E-state index in [0.717, 1.165) is 4.47 Å². The zero-order valence-electron chi connectivity index (χ0n) is 11.5. The van der Waals surface area contributed by atoms with Crippen LogP contribution in [0.4, 0.5) is 0 Å². The molecule has 0 bridgehead atoms. The Labute approximate surface area is 126 Å². The summed E-state index contributed by atoms with van der Waals surface area (Å²) in [7, 11) is 1.58. The van der Waals surface area contributed by atoms with Crippen molar-refractivity contribution < 1.29 is 14.3 Å². The number of amides is 1. The molecule has 20 heavy (non-hydrogen) atoms. The van der Waals surface area contributed by atoms with Crippen LogP contribution in [0.15, 0.2) is 22.7 Å². The van der Waals surface area contributed by atoms with Crippen LogP contribution in [0, 0.1) is 0 Å². The monoisotopic (exact) mass is 340 g/mol. The number of rotatable bonds is 4. The van der Waals surface area contributed by atoms with Crippen molar-refractivity contribution >= 4 is 27.6 Å². The number of benzene rings is 1. The number of methoxy groups -OCH3 is 1. The molecule has 1 aromatic rings. The summed E-state index contributed by atoms with van der Waals surface area (Å²) < 4.78 is 5.88. The van der Waals surface area contributed by atoms with E-state index in [1.165, 1.54) is 0 Å². The summed E-state index contributed by atoms with van der Waals surface area (Å²) in [6.07, 6.45) is 0. The molecule has 1 aliphatic rings. The van der Waals surface area contributed by atoms with Gasteiger partial charge in [0.25, 0.3) is 0 Å². The van der Waals surface area contributed by atoms with Crippen molar-refractivity contribution in [3.05, 3.63) is 28.2 Å². The predicted molar refractivity (Wildman–Crippen MR) is 79.1 cm³/mol. The van der Waals surface area contributed by atoms with Crippen molar-refractivity contribution in [2.75, 3.05) is 26.7 Å². The van der Waals surface area contributed by atoms with Gasteiger partial charge >= 0.3 is 0 Å². The molecule has 0 radical (unpaired) electrons. The summed E-state index contributed by atoms with van der Waals surface area (Å²) >= 11 is 3.37. The van der Waals surface area contributed by atoms with Gasteiger partial charge in [-0.2, -0.15) is 0 Å². The van der Waals surface area contributed by atoms with E-state index in [-0.39, 0.29) is 24.3 Å². The number of nitrogens with one attached hydrogen (secondary N) is 1. The molecular formula is C14H17BrN2O3. The van der Waals surface area contributed by atoms with Gasteiger partial charge in [0.05, 0.1) is 24.2 Å². The minimum Gasteiger partial charge on any atom is -0.496 e. The molecule has 1 aromatic carbocycles. The molecule has 5 nitrogen and oxygen atoms in total. The van der Waals surface area contributed by atoms with Crippen LogP contribution < -0.4 is 10.1 Å². The number of carbonyl (C=O) groups excluding carboxylic acids is 2. The smallest absolute Gasteiger partial charge is 0.237 e. The van der Waals surface area contributed by atoms with E-state index in [0.29, 0.717) is 24.4 Å². The van der Waals surface area contributed by atoms with E-state index in [4.69, 9.17) is 4.74 Å². The molecule has 1 aliphatic heterocycles. The lowest BCUT2D eigenvalue weighted by atomic mass is 10.1. The molecule has 6 heteroatoms. The first-order chi connectivity index (χ1) is 9.52. The van der Waals surface area contributed by atoms with Gasteiger partial charge in [-0.05, 0) is 41.1 Å². The maximum atomic E-state index is 12.3.